The molecule has 3 nitrogen and oxygen atoms in total. The first-order chi connectivity index (χ1) is 9.00. The summed E-state index contributed by atoms with van der Waals surface area (Å²) < 4.78 is 27.4. The van der Waals surface area contributed by atoms with Gasteiger partial charge in [0, 0.05) is 17.9 Å². The number of hydrogen-bond donors (Lipinski definition) is 0. The predicted octanol–water partition coefficient (Wildman–Crippen LogP) is 3.18. The van der Waals surface area contributed by atoms with E-state index in [1.54, 1.807) is 13.1 Å². The summed E-state index contributed by atoms with van der Waals surface area (Å²) in [5.41, 5.74) is 2.60. The minimum Gasteiger partial charge on any atom is -0.269 e. The van der Waals surface area contributed by atoms with Crippen LogP contribution in [-0.2, 0) is 16.4 Å². The second kappa shape index (κ2) is 4.35. The Balaban J connectivity index is 2.34. The molecule has 19 heavy (non-hydrogen) atoms. The number of para-hydroxylation sites is 1. The highest BCUT2D eigenvalue weighted by molar-refractivity contribution is 9.10. The standard InChI is InChI=1S/C14H12BrNO2S/c1-16-13-5-3-2-4-10(13)8-11-6-7-12(15)9-14(11)19(16,17)18/h2-7,9H,8H2,1H3. The van der Waals surface area contributed by atoms with Crippen LogP contribution in [0.1, 0.15) is 11.1 Å². The van der Waals surface area contributed by atoms with Gasteiger partial charge in [-0.05, 0) is 29.3 Å². The molecular weight excluding hydrogens is 326 g/mol. The fourth-order valence-electron chi connectivity index (χ4n) is 2.36. The molecule has 0 atom stereocenters. The van der Waals surface area contributed by atoms with Crippen molar-refractivity contribution in [3.8, 4) is 0 Å². The molecule has 1 heterocycles. The third-order valence-corrected chi connectivity index (χ3v) is 5.73. The van der Waals surface area contributed by atoms with E-state index in [2.05, 4.69) is 15.9 Å². The molecule has 0 fully saturated rings. The molecule has 0 saturated heterocycles. The Kier molecular flexibility index (Phi) is 2.91. The second-order valence-corrected chi connectivity index (χ2v) is 7.38. The highest BCUT2D eigenvalue weighted by Gasteiger charge is 2.29. The van der Waals surface area contributed by atoms with Crippen molar-refractivity contribution >= 4 is 31.6 Å². The molecule has 5 heteroatoms. The Labute approximate surface area is 121 Å². The SMILES string of the molecule is CN1c2ccccc2Cc2ccc(Br)cc2S1(=O)=O. The van der Waals surface area contributed by atoms with Crippen molar-refractivity contribution in [3.63, 3.8) is 0 Å². The van der Waals surface area contributed by atoms with Crippen molar-refractivity contribution in [1.82, 2.24) is 0 Å². The molecule has 0 radical (unpaired) electrons. The second-order valence-electron chi connectivity index (χ2n) is 4.53. The number of nitrogens with zero attached hydrogens (tertiary/aromatic N) is 1. The maximum absolute atomic E-state index is 12.6. The van der Waals surface area contributed by atoms with Gasteiger partial charge < -0.3 is 0 Å². The summed E-state index contributed by atoms with van der Waals surface area (Å²) in [5.74, 6) is 0. The van der Waals surface area contributed by atoms with Gasteiger partial charge >= 0.3 is 0 Å². The number of rotatable bonds is 0. The zero-order chi connectivity index (χ0) is 13.6. The molecule has 2 aromatic carbocycles. The van der Waals surface area contributed by atoms with Gasteiger partial charge in [-0.25, -0.2) is 8.42 Å². The Morgan fingerprint density at radius 2 is 1.84 bits per heavy atom. The number of benzene rings is 2. The highest BCUT2D eigenvalue weighted by atomic mass is 79.9. The summed E-state index contributed by atoms with van der Waals surface area (Å²) in [7, 11) is -1.89. The van der Waals surface area contributed by atoms with Crippen LogP contribution >= 0.6 is 15.9 Å². The number of hydrogen-bond acceptors (Lipinski definition) is 2. The minimum atomic E-state index is -3.49. The average Bonchev–Trinajstić information content (AvgIpc) is 2.47. The van der Waals surface area contributed by atoms with Crippen LogP contribution in [0.25, 0.3) is 0 Å². The quantitative estimate of drug-likeness (QED) is 0.740. The molecule has 2 aromatic rings. The van der Waals surface area contributed by atoms with Crippen LogP contribution < -0.4 is 4.31 Å². The highest BCUT2D eigenvalue weighted by Crippen LogP contribution is 2.34. The molecule has 0 unspecified atom stereocenters. The van der Waals surface area contributed by atoms with E-state index in [1.807, 2.05) is 36.4 Å². The van der Waals surface area contributed by atoms with Crippen molar-refractivity contribution in [1.29, 1.82) is 0 Å². The normalized spacial score (nSPS) is 16.4. The van der Waals surface area contributed by atoms with Crippen molar-refractivity contribution < 1.29 is 8.42 Å². The number of halogens is 1. The average molecular weight is 338 g/mol. The van der Waals surface area contributed by atoms with E-state index in [0.29, 0.717) is 11.3 Å². The molecule has 1 aliphatic rings. The summed E-state index contributed by atoms with van der Waals surface area (Å²) in [6, 6.07) is 13.0. The van der Waals surface area contributed by atoms with E-state index in [4.69, 9.17) is 0 Å². The first-order valence-electron chi connectivity index (χ1n) is 5.85. The molecule has 0 N–H and O–H groups in total. The zero-order valence-corrected chi connectivity index (χ0v) is 12.7. The summed E-state index contributed by atoms with van der Waals surface area (Å²) in [4.78, 5) is 0.376. The third kappa shape index (κ3) is 1.97. The molecule has 0 aliphatic carbocycles. The monoisotopic (exact) mass is 337 g/mol. The van der Waals surface area contributed by atoms with Gasteiger partial charge in [-0.15, -0.1) is 0 Å². The lowest BCUT2D eigenvalue weighted by Gasteiger charge is -2.19. The molecule has 0 bridgehead atoms. The number of anilines is 1. The van der Waals surface area contributed by atoms with Crippen molar-refractivity contribution in [3.05, 3.63) is 58.1 Å². The fraction of sp³-hybridized carbons (Fsp3) is 0.143. The van der Waals surface area contributed by atoms with Gasteiger partial charge in [0.15, 0.2) is 0 Å². The van der Waals surface area contributed by atoms with Crippen LogP contribution in [0.4, 0.5) is 5.69 Å². The first-order valence-corrected chi connectivity index (χ1v) is 8.09. The van der Waals surface area contributed by atoms with Crippen LogP contribution in [0.2, 0.25) is 0 Å². The molecule has 0 amide bonds. The Morgan fingerprint density at radius 3 is 2.63 bits per heavy atom. The van der Waals surface area contributed by atoms with E-state index in [0.717, 1.165) is 21.3 Å². The molecule has 1 aliphatic heterocycles. The van der Waals surface area contributed by atoms with Crippen molar-refractivity contribution in [2.75, 3.05) is 11.4 Å². The number of fused-ring (bicyclic) bond motifs is 2. The maximum atomic E-state index is 12.6. The zero-order valence-electron chi connectivity index (χ0n) is 10.3. The first kappa shape index (κ1) is 12.7. The molecule has 0 aromatic heterocycles. The van der Waals surface area contributed by atoms with E-state index < -0.39 is 10.0 Å². The molecular formula is C14H12BrNO2S. The molecule has 0 saturated carbocycles. The van der Waals surface area contributed by atoms with Crippen LogP contribution in [0, 0.1) is 0 Å². The maximum Gasteiger partial charge on any atom is 0.264 e. The van der Waals surface area contributed by atoms with Gasteiger partial charge in [-0.3, -0.25) is 4.31 Å². The topological polar surface area (TPSA) is 37.4 Å². The van der Waals surface area contributed by atoms with Gasteiger partial charge in [0.2, 0.25) is 0 Å². The summed E-state index contributed by atoms with van der Waals surface area (Å²) in [5, 5.41) is 0. The van der Waals surface area contributed by atoms with E-state index in [1.165, 1.54) is 4.31 Å². The molecule has 0 spiro atoms. The molecule has 98 valence electrons. The fourth-order valence-corrected chi connectivity index (χ4v) is 4.36. The van der Waals surface area contributed by atoms with Crippen LogP contribution in [0.3, 0.4) is 0 Å². The van der Waals surface area contributed by atoms with E-state index in [9.17, 15) is 8.42 Å². The summed E-state index contributed by atoms with van der Waals surface area (Å²) in [6.07, 6.45) is 0.627. The van der Waals surface area contributed by atoms with Crippen LogP contribution in [-0.4, -0.2) is 15.5 Å². The van der Waals surface area contributed by atoms with E-state index in [-0.39, 0.29) is 0 Å². The smallest absolute Gasteiger partial charge is 0.264 e. The van der Waals surface area contributed by atoms with E-state index >= 15 is 0 Å². The van der Waals surface area contributed by atoms with Gasteiger partial charge in [0.25, 0.3) is 10.0 Å². The van der Waals surface area contributed by atoms with Gasteiger partial charge in [0.1, 0.15) is 0 Å². The lowest BCUT2D eigenvalue weighted by Crippen LogP contribution is -2.26. The number of sulfonamides is 1. The Morgan fingerprint density at radius 1 is 1.11 bits per heavy atom. The van der Waals surface area contributed by atoms with Crippen molar-refractivity contribution in [2.24, 2.45) is 0 Å². The van der Waals surface area contributed by atoms with Crippen molar-refractivity contribution in [2.45, 2.75) is 11.3 Å². The predicted molar refractivity (Wildman–Crippen MR) is 79.0 cm³/mol. The van der Waals surface area contributed by atoms with Gasteiger partial charge in [-0.1, -0.05) is 40.2 Å². The largest absolute Gasteiger partial charge is 0.269 e. The lowest BCUT2D eigenvalue weighted by molar-refractivity contribution is 0.594. The van der Waals surface area contributed by atoms with Gasteiger partial charge in [0.05, 0.1) is 10.6 Å². The Bertz CT molecular complexity index is 756. The van der Waals surface area contributed by atoms with Gasteiger partial charge in [-0.2, -0.15) is 0 Å². The lowest BCUT2D eigenvalue weighted by atomic mass is 10.0. The summed E-state index contributed by atoms with van der Waals surface area (Å²) >= 11 is 3.34. The molecule has 3 rings (SSSR count). The Hall–Kier alpha value is -1.33. The van der Waals surface area contributed by atoms with Crippen LogP contribution in [0.15, 0.2) is 51.8 Å². The third-order valence-electron chi connectivity index (χ3n) is 3.38. The van der Waals surface area contributed by atoms with Crippen LogP contribution in [0.5, 0.6) is 0 Å². The minimum absolute atomic E-state index is 0.376. The summed E-state index contributed by atoms with van der Waals surface area (Å²) in [6.45, 7) is 0.